The Morgan fingerprint density at radius 2 is 2.37 bits per heavy atom. The largest absolute Gasteiger partial charge is 0.508 e. The molecule has 1 aliphatic rings. The SMILES string of the molecule is CCOC(=O)C1=C(O)COc2cccc3[nH]cc1c23. The van der Waals surface area contributed by atoms with E-state index in [2.05, 4.69) is 4.98 Å². The minimum Gasteiger partial charge on any atom is -0.508 e. The van der Waals surface area contributed by atoms with Crippen LogP contribution < -0.4 is 4.74 Å². The predicted molar refractivity (Wildman–Crippen MR) is 70.0 cm³/mol. The number of aromatic amines is 1. The lowest BCUT2D eigenvalue weighted by molar-refractivity contribution is -0.136. The lowest BCUT2D eigenvalue weighted by Crippen LogP contribution is -2.11. The van der Waals surface area contributed by atoms with E-state index >= 15 is 0 Å². The van der Waals surface area contributed by atoms with Crippen molar-refractivity contribution in [1.29, 1.82) is 0 Å². The number of H-pyrrole nitrogens is 1. The molecule has 0 amide bonds. The number of aliphatic hydroxyl groups is 1. The van der Waals surface area contributed by atoms with Crippen LogP contribution in [0.5, 0.6) is 5.75 Å². The standard InChI is InChI=1S/C14H13NO4/c1-2-18-14(17)13-8-6-15-9-4-3-5-11(12(8)9)19-7-10(13)16/h3-6,15-16H,2,7H2,1H3. The molecular formula is C14H13NO4. The summed E-state index contributed by atoms with van der Waals surface area (Å²) in [5.41, 5.74) is 1.63. The molecule has 0 unspecified atom stereocenters. The highest BCUT2D eigenvalue weighted by molar-refractivity contribution is 6.21. The van der Waals surface area contributed by atoms with Gasteiger partial charge in [0, 0.05) is 22.7 Å². The van der Waals surface area contributed by atoms with Gasteiger partial charge in [0.05, 0.1) is 6.61 Å². The fraction of sp³-hybridized carbons (Fsp3) is 0.214. The maximum atomic E-state index is 12.0. The zero-order valence-corrected chi connectivity index (χ0v) is 10.4. The van der Waals surface area contributed by atoms with Gasteiger partial charge in [-0.2, -0.15) is 0 Å². The van der Waals surface area contributed by atoms with Gasteiger partial charge in [-0.05, 0) is 19.1 Å². The molecule has 0 saturated heterocycles. The molecule has 3 rings (SSSR count). The van der Waals surface area contributed by atoms with Crippen LogP contribution in [0, 0.1) is 0 Å². The molecule has 1 aromatic carbocycles. The summed E-state index contributed by atoms with van der Waals surface area (Å²) in [6.45, 7) is 1.94. The van der Waals surface area contributed by atoms with Gasteiger partial charge in [0.25, 0.3) is 0 Å². The summed E-state index contributed by atoms with van der Waals surface area (Å²) in [6, 6.07) is 5.54. The Balaban J connectivity index is 2.24. The molecule has 0 bridgehead atoms. The maximum Gasteiger partial charge on any atom is 0.342 e. The molecule has 1 aromatic heterocycles. The van der Waals surface area contributed by atoms with E-state index < -0.39 is 5.97 Å². The van der Waals surface area contributed by atoms with Gasteiger partial charge in [0.15, 0.2) is 0 Å². The Hall–Kier alpha value is -2.43. The van der Waals surface area contributed by atoms with Crippen molar-refractivity contribution in [3.05, 3.63) is 35.7 Å². The molecule has 19 heavy (non-hydrogen) atoms. The zero-order chi connectivity index (χ0) is 13.4. The number of hydrogen-bond acceptors (Lipinski definition) is 4. The average molecular weight is 259 g/mol. The van der Waals surface area contributed by atoms with Crippen molar-refractivity contribution in [2.75, 3.05) is 13.2 Å². The number of nitrogens with one attached hydrogen (secondary N) is 1. The molecule has 2 heterocycles. The Bertz CT molecular complexity index is 684. The highest BCUT2D eigenvalue weighted by Gasteiger charge is 2.26. The van der Waals surface area contributed by atoms with E-state index in [0.29, 0.717) is 11.3 Å². The molecule has 0 radical (unpaired) electrons. The fourth-order valence-corrected chi connectivity index (χ4v) is 2.27. The van der Waals surface area contributed by atoms with Gasteiger partial charge < -0.3 is 19.6 Å². The van der Waals surface area contributed by atoms with Gasteiger partial charge in [-0.1, -0.05) is 6.07 Å². The number of aliphatic hydroxyl groups excluding tert-OH is 1. The molecule has 5 heteroatoms. The second-order valence-electron chi connectivity index (χ2n) is 4.21. The number of carbonyl (C=O) groups is 1. The third-order valence-electron chi connectivity index (χ3n) is 3.07. The summed E-state index contributed by atoms with van der Waals surface area (Å²) in [6.07, 6.45) is 1.69. The molecule has 0 fully saturated rings. The number of ether oxygens (including phenoxy) is 2. The number of hydrogen-bond donors (Lipinski definition) is 2. The molecule has 1 aliphatic heterocycles. The van der Waals surface area contributed by atoms with E-state index in [0.717, 1.165) is 10.9 Å². The first-order chi connectivity index (χ1) is 9.22. The van der Waals surface area contributed by atoms with Crippen molar-refractivity contribution < 1.29 is 19.4 Å². The van der Waals surface area contributed by atoms with Crippen molar-refractivity contribution in [3.8, 4) is 5.75 Å². The molecule has 2 N–H and O–H groups in total. The Morgan fingerprint density at radius 1 is 1.53 bits per heavy atom. The van der Waals surface area contributed by atoms with E-state index in [-0.39, 0.29) is 24.5 Å². The minimum atomic E-state index is -0.541. The van der Waals surface area contributed by atoms with Crippen LogP contribution in [0.3, 0.4) is 0 Å². The minimum absolute atomic E-state index is 0.0397. The molecule has 5 nitrogen and oxygen atoms in total. The van der Waals surface area contributed by atoms with Crippen molar-refractivity contribution in [2.45, 2.75) is 6.92 Å². The van der Waals surface area contributed by atoms with Crippen molar-refractivity contribution in [2.24, 2.45) is 0 Å². The van der Waals surface area contributed by atoms with Gasteiger partial charge >= 0.3 is 5.97 Å². The van der Waals surface area contributed by atoms with Crippen LogP contribution in [-0.4, -0.2) is 29.3 Å². The summed E-state index contributed by atoms with van der Waals surface area (Å²) < 4.78 is 10.5. The van der Waals surface area contributed by atoms with E-state index in [1.54, 1.807) is 19.2 Å². The summed E-state index contributed by atoms with van der Waals surface area (Å²) in [5, 5.41) is 10.8. The maximum absolute atomic E-state index is 12.0. The Morgan fingerprint density at radius 3 is 3.16 bits per heavy atom. The van der Waals surface area contributed by atoms with Crippen molar-refractivity contribution in [1.82, 2.24) is 4.98 Å². The van der Waals surface area contributed by atoms with E-state index in [4.69, 9.17) is 9.47 Å². The topological polar surface area (TPSA) is 71.6 Å². The third kappa shape index (κ3) is 1.74. The van der Waals surface area contributed by atoms with Gasteiger partial charge in [0.1, 0.15) is 23.7 Å². The first-order valence-electron chi connectivity index (χ1n) is 6.05. The summed E-state index contributed by atoms with van der Waals surface area (Å²) >= 11 is 0. The van der Waals surface area contributed by atoms with E-state index in [9.17, 15) is 9.90 Å². The van der Waals surface area contributed by atoms with Crippen LogP contribution in [0.25, 0.3) is 16.5 Å². The van der Waals surface area contributed by atoms with Gasteiger partial charge in [0.2, 0.25) is 0 Å². The highest BCUT2D eigenvalue weighted by atomic mass is 16.5. The molecular weight excluding hydrogens is 246 g/mol. The van der Waals surface area contributed by atoms with Crippen LogP contribution in [0.15, 0.2) is 30.2 Å². The molecule has 0 spiro atoms. The highest BCUT2D eigenvalue weighted by Crippen LogP contribution is 2.36. The average Bonchev–Trinajstić information content (AvgIpc) is 2.75. The predicted octanol–water partition coefficient (Wildman–Crippen LogP) is 2.39. The lowest BCUT2D eigenvalue weighted by atomic mass is 10.0. The van der Waals surface area contributed by atoms with Crippen molar-refractivity contribution >= 4 is 22.4 Å². The van der Waals surface area contributed by atoms with E-state index in [1.165, 1.54) is 0 Å². The summed E-state index contributed by atoms with van der Waals surface area (Å²) in [4.78, 5) is 15.1. The van der Waals surface area contributed by atoms with Gasteiger partial charge in [-0.25, -0.2) is 4.79 Å². The number of rotatable bonds is 2. The normalized spacial score (nSPS) is 14.2. The zero-order valence-electron chi connectivity index (χ0n) is 10.4. The first-order valence-corrected chi connectivity index (χ1v) is 6.05. The van der Waals surface area contributed by atoms with Gasteiger partial charge in [-0.3, -0.25) is 0 Å². The second-order valence-corrected chi connectivity index (χ2v) is 4.21. The second kappa shape index (κ2) is 4.35. The third-order valence-corrected chi connectivity index (χ3v) is 3.07. The molecule has 2 aromatic rings. The van der Waals surface area contributed by atoms with Crippen LogP contribution in [0.2, 0.25) is 0 Å². The molecule has 98 valence electrons. The summed E-state index contributed by atoms with van der Waals surface area (Å²) in [5.74, 6) is -0.0173. The quantitative estimate of drug-likeness (QED) is 0.812. The molecule has 0 atom stereocenters. The monoisotopic (exact) mass is 259 g/mol. The molecule has 0 saturated carbocycles. The number of esters is 1. The van der Waals surface area contributed by atoms with Gasteiger partial charge in [-0.15, -0.1) is 0 Å². The molecule has 0 aliphatic carbocycles. The Kier molecular flexibility index (Phi) is 2.67. The Labute approximate surface area is 109 Å². The van der Waals surface area contributed by atoms with Crippen LogP contribution in [-0.2, 0) is 9.53 Å². The van der Waals surface area contributed by atoms with E-state index in [1.807, 2.05) is 12.1 Å². The van der Waals surface area contributed by atoms with Crippen LogP contribution >= 0.6 is 0 Å². The number of carbonyl (C=O) groups excluding carboxylic acids is 1. The number of aromatic nitrogens is 1. The van der Waals surface area contributed by atoms with Crippen LogP contribution in [0.1, 0.15) is 12.5 Å². The van der Waals surface area contributed by atoms with Crippen molar-refractivity contribution in [3.63, 3.8) is 0 Å². The lowest BCUT2D eigenvalue weighted by Gasteiger charge is -2.06. The first kappa shape index (κ1) is 11.6. The summed E-state index contributed by atoms with van der Waals surface area (Å²) in [7, 11) is 0. The fourth-order valence-electron chi connectivity index (χ4n) is 2.27. The number of benzene rings is 1. The smallest absolute Gasteiger partial charge is 0.342 e. The van der Waals surface area contributed by atoms with Crippen LogP contribution in [0.4, 0.5) is 0 Å².